The van der Waals surface area contributed by atoms with Crippen LogP contribution in [0.5, 0.6) is 0 Å². The van der Waals surface area contributed by atoms with Crippen LogP contribution in [0.15, 0.2) is 30.3 Å². The van der Waals surface area contributed by atoms with E-state index in [0.29, 0.717) is 5.92 Å². The number of methoxy groups -OCH3 is 1. The van der Waals surface area contributed by atoms with Gasteiger partial charge in [-0.15, -0.1) is 10.2 Å². The van der Waals surface area contributed by atoms with Crippen molar-refractivity contribution in [1.29, 1.82) is 0 Å². The van der Waals surface area contributed by atoms with Crippen LogP contribution < -0.4 is 0 Å². The number of hydrogen-bond donors (Lipinski definition) is 0. The summed E-state index contributed by atoms with van der Waals surface area (Å²) in [6.45, 7) is 8.24. The van der Waals surface area contributed by atoms with E-state index in [9.17, 15) is 0 Å². The van der Waals surface area contributed by atoms with E-state index < -0.39 is 0 Å². The highest BCUT2D eigenvalue weighted by atomic mass is 16.5. The van der Waals surface area contributed by atoms with Crippen LogP contribution >= 0.6 is 0 Å². The number of nitrogens with zero attached hydrogens (tertiary/aromatic N) is 4. The molecule has 1 atom stereocenters. The van der Waals surface area contributed by atoms with Crippen molar-refractivity contribution in [3.63, 3.8) is 0 Å². The fourth-order valence-electron chi connectivity index (χ4n) is 3.22. The Morgan fingerprint density at radius 3 is 2.61 bits per heavy atom. The van der Waals surface area contributed by atoms with Gasteiger partial charge in [0.05, 0.1) is 12.6 Å². The van der Waals surface area contributed by atoms with Gasteiger partial charge < -0.3 is 9.30 Å². The Hall–Kier alpha value is -1.72. The third-order valence-electron chi connectivity index (χ3n) is 4.39. The summed E-state index contributed by atoms with van der Waals surface area (Å²) < 4.78 is 7.89. The van der Waals surface area contributed by atoms with E-state index in [1.54, 1.807) is 0 Å². The number of fused-ring (bicyclic) bond motifs is 1. The van der Waals surface area contributed by atoms with E-state index in [1.807, 2.05) is 25.3 Å². The molecule has 5 heteroatoms. The smallest absolute Gasteiger partial charge is 0.164 e. The van der Waals surface area contributed by atoms with Crippen molar-refractivity contribution < 1.29 is 4.74 Å². The van der Waals surface area contributed by atoms with E-state index in [1.165, 1.54) is 0 Å². The number of ether oxygens (including phenoxy) is 1. The van der Waals surface area contributed by atoms with Gasteiger partial charge in [-0.2, -0.15) is 0 Å². The Kier molecular flexibility index (Phi) is 5.08. The summed E-state index contributed by atoms with van der Waals surface area (Å²) in [7, 11) is 1.81. The molecule has 5 nitrogen and oxygen atoms in total. The van der Waals surface area contributed by atoms with Gasteiger partial charge in [0.15, 0.2) is 5.82 Å². The number of hydrogen-bond acceptors (Lipinski definition) is 4. The summed E-state index contributed by atoms with van der Waals surface area (Å²) in [6, 6.07) is 10.3. The zero-order chi connectivity index (χ0) is 16.2. The van der Waals surface area contributed by atoms with Gasteiger partial charge in [0.25, 0.3) is 0 Å². The molecule has 23 heavy (non-hydrogen) atoms. The van der Waals surface area contributed by atoms with Crippen LogP contribution in [0.25, 0.3) is 11.4 Å². The van der Waals surface area contributed by atoms with Crippen LogP contribution in [0.3, 0.4) is 0 Å². The van der Waals surface area contributed by atoms with Gasteiger partial charge in [-0.25, -0.2) is 0 Å². The predicted octanol–water partition coefficient (Wildman–Crippen LogP) is 2.82. The average molecular weight is 314 g/mol. The highest BCUT2D eigenvalue weighted by molar-refractivity contribution is 5.55. The molecule has 1 aromatic heterocycles. The molecule has 0 saturated heterocycles. The monoisotopic (exact) mass is 314 g/mol. The van der Waals surface area contributed by atoms with E-state index >= 15 is 0 Å². The van der Waals surface area contributed by atoms with Gasteiger partial charge in [0.1, 0.15) is 5.82 Å². The standard InChI is InChI=1S/C18H26N4O/c1-14(2)11-16(23-3)12-21-9-10-22-17(13-21)19-20-18(22)15-7-5-4-6-8-15/h4-8,14,16H,9-13H2,1-3H3. The zero-order valence-corrected chi connectivity index (χ0v) is 14.3. The zero-order valence-electron chi connectivity index (χ0n) is 14.3. The molecule has 0 N–H and O–H groups in total. The van der Waals surface area contributed by atoms with Crippen LogP contribution in [0.2, 0.25) is 0 Å². The molecule has 1 aromatic carbocycles. The molecule has 0 bridgehead atoms. The summed E-state index contributed by atoms with van der Waals surface area (Å²) in [5, 5.41) is 8.81. The first-order valence-corrected chi connectivity index (χ1v) is 8.40. The van der Waals surface area contributed by atoms with Gasteiger partial charge in [-0.3, -0.25) is 4.90 Å². The van der Waals surface area contributed by atoms with Gasteiger partial charge in [-0.1, -0.05) is 44.2 Å². The van der Waals surface area contributed by atoms with Crippen molar-refractivity contribution in [3.8, 4) is 11.4 Å². The van der Waals surface area contributed by atoms with Crippen LogP contribution in [-0.4, -0.2) is 46.0 Å². The third-order valence-corrected chi connectivity index (χ3v) is 4.39. The summed E-state index contributed by atoms with van der Waals surface area (Å²) in [6.07, 6.45) is 1.38. The van der Waals surface area contributed by atoms with Crippen molar-refractivity contribution in [1.82, 2.24) is 19.7 Å². The molecule has 2 aromatic rings. The maximum atomic E-state index is 5.64. The number of rotatable bonds is 6. The minimum Gasteiger partial charge on any atom is -0.380 e. The van der Waals surface area contributed by atoms with Crippen molar-refractivity contribution in [2.45, 2.75) is 39.5 Å². The fraction of sp³-hybridized carbons (Fsp3) is 0.556. The summed E-state index contributed by atoms with van der Waals surface area (Å²) in [4.78, 5) is 2.43. The van der Waals surface area contributed by atoms with Crippen molar-refractivity contribution in [3.05, 3.63) is 36.2 Å². The first-order valence-electron chi connectivity index (χ1n) is 8.40. The highest BCUT2D eigenvalue weighted by Gasteiger charge is 2.24. The molecule has 1 aliphatic heterocycles. The van der Waals surface area contributed by atoms with Crippen molar-refractivity contribution >= 4 is 0 Å². The SMILES string of the molecule is COC(CC(C)C)CN1CCn2c(nnc2-c2ccccc2)C1. The van der Waals surface area contributed by atoms with E-state index in [0.717, 1.165) is 49.8 Å². The van der Waals surface area contributed by atoms with Crippen LogP contribution in [-0.2, 0) is 17.8 Å². The molecule has 0 saturated carbocycles. The molecule has 124 valence electrons. The Labute approximate surface area is 138 Å². The second-order valence-corrected chi connectivity index (χ2v) is 6.68. The van der Waals surface area contributed by atoms with Crippen LogP contribution in [0, 0.1) is 5.92 Å². The molecule has 0 spiro atoms. The maximum absolute atomic E-state index is 5.64. The minimum absolute atomic E-state index is 0.290. The van der Waals surface area contributed by atoms with Crippen LogP contribution in [0.4, 0.5) is 0 Å². The summed E-state index contributed by atoms with van der Waals surface area (Å²) >= 11 is 0. The number of aromatic nitrogens is 3. The normalized spacial score (nSPS) is 16.5. The topological polar surface area (TPSA) is 43.2 Å². The largest absolute Gasteiger partial charge is 0.380 e. The summed E-state index contributed by atoms with van der Waals surface area (Å²) in [5.41, 5.74) is 1.13. The quantitative estimate of drug-likeness (QED) is 0.822. The molecular formula is C18H26N4O. The van der Waals surface area contributed by atoms with Gasteiger partial charge in [-0.05, 0) is 12.3 Å². The lowest BCUT2D eigenvalue weighted by Gasteiger charge is -2.31. The molecule has 0 radical (unpaired) electrons. The average Bonchev–Trinajstić information content (AvgIpc) is 2.97. The third kappa shape index (κ3) is 3.79. The molecule has 0 amide bonds. The molecule has 2 heterocycles. The van der Waals surface area contributed by atoms with E-state index in [4.69, 9.17) is 4.74 Å². The lowest BCUT2D eigenvalue weighted by molar-refractivity contribution is 0.0410. The van der Waals surface area contributed by atoms with E-state index in [2.05, 4.69) is 45.6 Å². The first kappa shape index (κ1) is 16.1. The molecule has 3 rings (SSSR count). The Morgan fingerprint density at radius 2 is 1.91 bits per heavy atom. The number of benzene rings is 1. The molecule has 0 aliphatic carbocycles. The van der Waals surface area contributed by atoms with E-state index in [-0.39, 0.29) is 6.10 Å². The minimum atomic E-state index is 0.290. The molecule has 0 fully saturated rings. The van der Waals surface area contributed by atoms with Crippen LogP contribution in [0.1, 0.15) is 26.1 Å². The second-order valence-electron chi connectivity index (χ2n) is 6.68. The van der Waals surface area contributed by atoms with Gasteiger partial charge in [0, 0.05) is 32.3 Å². The van der Waals surface area contributed by atoms with Crippen molar-refractivity contribution in [2.75, 3.05) is 20.2 Å². The predicted molar refractivity (Wildman–Crippen MR) is 91.0 cm³/mol. The maximum Gasteiger partial charge on any atom is 0.164 e. The highest BCUT2D eigenvalue weighted by Crippen LogP contribution is 2.22. The lowest BCUT2D eigenvalue weighted by Crippen LogP contribution is -2.39. The Balaban J connectivity index is 1.69. The Morgan fingerprint density at radius 1 is 1.13 bits per heavy atom. The molecule has 1 unspecified atom stereocenters. The molecule has 1 aliphatic rings. The lowest BCUT2D eigenvalue weighted by atomic mass is 10.1. The summed E-state index contributed by atoms with van der Waals surface area (Å²) in [5.74, 6) is 2.68. The fourth-order valence-corrected chi connectivity index (χ4v) is 3.22. The van der Waals surface area contributed by atoms with Gasteiger partial charge >= 0.3 is 0 Å². The molecular weight excluding hydrogens is 288 g/mol. The van der Waals surface area contributed by atoms with Gasteiger partial charge in [0.2, 0.25) is 0 Å². The first-order chi connectivity index (χ1) is 11.2. The van der Waals surface area contributed by atoms with Crippen molar-refractivity contribution in [2.24, 2.45) is 5.92 Å². The Bertz CT molecular complexity index is 623. The second kappa shape index (κ2) is 7.23.